The highest BCUT2D eigenvalue weighted by atomic mass is 19.4. The molecule has 1 aromatic carbocycles. The molecule has 3 rings (SSSR count). The third kappa shape index (κ3) is 4.85. The Hall–Kier alpha value is -3.17. The molecule has 2 heterocycles. The maximum atomic E-state index is 15.1. The summed E-state index contributed by atoms with van der Waals surface area (Å²) in [6.45, 7) is 5.32. The van der Waals surface area contributed by atoms with Crippen LogP contribution in [-0.2, 0) is 29.1 Å². The Labute approximate surface area is 194 Å². The maximum absolute atomic E-state index is 15.1. The first kappa shape index (κ1) is 25.5. The number of aromatic nitrogens is 1. The Balaban J connectivity index is 2.02. The zero-order chi connectivity index (χ0) is 25.4. The molecule has 0 N–H and O–H groups in total. The highest BCUT2D eigenvalue weighted by molar-refractivity contribution is 5.94. The van der Waals surface area contributed by atoms with Crippen molar-refractivity contribution in [3.63, 3.8) is 0 Å². The molecule has 34 heavy (non-hydrogen) atoms. The smallest absolute Gasteiger partial charge is 0.417 e. The second kappa shape index (κ2) is 9.60. The lowest BCUT2D eigenvalue weighted by Crippen LogP contribution is -2.38. The third-order valence-electron chi connectivity index (χ3n) is 5.84. The zero-order valence-electron chi connectivity index (χ0n) is 19.8. The van der Waals surface area contributed by atoms with Gasteiger partial charge in [-0.25, -0.2) is 14.4 Å². The Morgan fingerprint density at radius 1 is 1.09 bits per heavy atom. The van der Waals surface area contributed by atoms with Crippen LogP contribution in [0.15, 0.2) is 39.0 Å². The van der Waals surface area contributed by atoms with Crippen LogP contribution in [0.5, 0.6) is 0 Å². The molecule has 1 aliphatic rings. The van der Waals surface area contributed by atoms with Gasteiger partial charge in [0.2, 0.25) is 11.8 Å². The van der Waals surface area contributed by atoms with E-state index >= 15 is 4.39 Å². The second-order valence-electron chi connectivity index (χ2n) is 8.50. The van der Waals surface area contributed by atoms with Crippen LogP contribution in [0.2, 0.25) is 0 Å². The first-order valence-electron chi connectivity index (χ1n) is 10.7. The van der Waals surface area contributed by atoms with Crippen molar-refractivity contribution in [2.75, 3.05) is 14.2 Å². The molecular weight excluding hydrogens is 454 g/mol. The van der Waals surface area contributed by atoms with Crippen molar-refractivity contribution in [2.24, 2.45) is 23.0 Å². The zero-order valence-corrected chi connectivity index (χ0v) is 19.8. The molecule has 0 amide bonds. The fourth-order valence-corrected chi connectivity index (χ4v) is 3.91. The van der Waals surface area contributed by atoms with Crippen LogP contribution < -0.4 is 5.56 Å². The number of alkyl halides is 3. The van der Waals surface area contributed by atoms with E-state index in [2.05, 4.69) is 9.98 Å². The van der Waals surface area contributed by atoms with E-state index in [1.165, 1.54) is 40.3 Å². The largest absolute Gasteiger partial charge is 0.483 e. The molecule has 0 unspecified atom stereocenters. The molecule has 0 aliphatic carbocycles. The van der Waals surface area contributed by atoms with Gasteiger partial charge >= 0.3 is 6.18 Å². The lowest BCUT2D eigenvalue weighted by molar-refractivity contribution is -0.137. The van der Waals surface area contributed by atoms with E-state index in [0.717, 1.165) is 16.7 Å². The number of pyridine rings is 1. The van der Waals surface area contributed by atoms with E-state index in [1.54, 1.807) is 0 Å². The summed E-state index contributed by atoms with van der Waals surface area (Å²) < 4.78 is 67.9. The lowest BCUT2D eigenvalue weighted by atomic mass is 9.96. The quantitative estimate of drug-likeness (QED) is 0.602. The van der Waals surface area contributed by atoms with Crippen LogP contribution >= 0.6 is 0 Å². The van der Waals surface area contributed by atoms with E-state index in [0.29, 0.717) is 17.4 Å². The van der Waals surface area contributed by atoms with Gasteiger partial charge in [0.1, 0.15) is 17.9 Å². The predicted octanol–water partition coefficient (Wildman–Crippen LogP) is 4.56. The van der Waals surface area contributed by atoms with Crippen molar-refractivity contribution >= 4 is 11.8 Å². The minimum Gasteiger partial charge on any atom is -0.483 e. The molecule has 1 aromatic heterocycles. The van der Waals surface area contributed by atoms with Gasteiger partial charge in [0.25, 0.3) is 5.56 Å². The van der Waals surface area contributed by atoms with Crippen LogP contribution in [0.4, 0.5) is 17.6 Å². The topological polar surface area (TPSA) is 65.2 Å². The van der Waals surface area contributed by atoms with Gasteiger partial charge in [0.15, 0.2) is 0 Å². The van der Waals surface area contributed by atoms with Gasteiger partial charge in [-0.3, -0.25) is 4.79 Å². The Bertz CT molecular complexity index is 1200. The minimum atomic E-state index is -4.82. The van der Waals surface area contributed by atoms with Gasteiger partial charge in [-0.1, -0.05) is 26.0 Å². The van der Waals surface area contributed by atoms with Crippen molar-refractivity contribution in [2.45, 2.75) is 45.5 Å². The highest BCUT2D eigenvalue weighted by Crippen LogP contribution is 2.37. The number of aryl methyl sites for hydroxylation is 1. The summed E-state index contributed by atoms with van der Waals surface area (Å²) in [5.41, 5.74) is -2.66. The van der Waals surface area contributed by atoms with Crippen molar-refractivity contribution in [3.05, 3.63) is 57.3 Å². The third-order valence-corrected chi connectivity index (χ3v) is 5.84. The number of hydrogen-bond donors (Lipinski definition) is 0. The monoisotopic (exact) mass is 481 g/mol. The molecule has 0 saturated carbocycles. The van der Waals surface area contributed by atoms with Gasteiger partial charge in [-0.2, -0.15) is 13.2 Å². The summed E-state index contributed by atoms with van der Waals surface area (Å²) in [7, 11) is 4.30. The Kier molecular flexibility index (Phi) is 7.18. The van der Waals surface area contributed by atoms with Crippen molar-refractivity contribution in [1.82, 2.24) is 4.57 Å². The molecule has 0 radical (unpaired) electrons. The van der Waals surface area contributed by atoms with Gasteiger partial charge in [-0.15, -0.1) is 0 Å². The van der Waals surface area contributed by atoms with Gasteiger partial charge in [0, 0.05) is 24.7 Å². The number of hydrogen-bond acceptors (Lipinski definition) is 5. The number of aliphatic imine (C=N–C) groups is 2. The number of ether oxygens (including phenoxy) is 2. The number of benzene rings is 1. The average molecular weight is 481 g/mol. The Morgan fingerprint density at radius 2 is 1.74 bits per heavy atom. The van der Waals surface area contributed by atoms with E-state index in [9.17, 15) is 18.0 Å². The Morgan fingerprint density at radius 3 is 2.26 bits per heavy atom. The first-order valence-corrected chi connectivity index (χ1v) is 10.7. The summed E-state index contributed by atoms with van der Waals surface area (Å²) in [4.78, 5) is 21.8. The molecule has 1 aliphatic heterocycles. The van der Waals surface area contributed by atoms with E-state index in [-0.39, 0.29) is 24.1 Å². The highest BCUT2D eigenvalue weighted by Gasteiger charge is 2.37. The number of methoxy groups -OCH3 is 2. The molecule has 2 aromatic rings. The number of halogens is 4. The SMILES string of the molecule is COC1=N[C@H](C(C)C)C(OC)=N[C@H]1Cc1ccc(-c2c(C(F)(F)F)cc(C)n(C)c2=O)c(F)c1. The van der Waals surface area contributed by atoms with E-state index in [4.69, 9.17) is 9.47 Å². The van der Waals surface area contributed by atoms with Crippen molar-refractivity contribution < 1.29 is 27.0 Å². The van der Waals surface area contributed by atoms with Gasteiger partial charge in [-0.05, 0) is 30.5 Å². The molecule has 10 heteroatoms. The molecule has 0 fully saturated rings. The first-order chi connectivity index (χ1) is 15.9. The molecule has 2 atom stereocenters. The normalized spacial score (nSPS) is 18.6. The molecule has 0 saturated heterocycles. The summed E-state index contributed by atoms with van der Waals surface area (Å²) in [6, 6.07) is 3.72. The van der Waals surface area contributed by atoms with Crippen LogP contribution in [0, 0.1) is 18.7 Å². The molecule has 184 valence electrons. The van der Waals surface area contributed by atoms with Gasteiger partial charge < -0.3 is 14.0 Å². The summed E-state index contributed by atoms with van der Waals surface area (Å²) in [5.74, 6) is -0.0419. The summed E-state index contributed by atoms with van der Waals surface area (Å²) in [6.07, 6.45) is -4.64. The van der Waals surface area contributed by atoms with E-state index in [1.807, 2.05) is 13.8 Å². The van der Waals surface area contributed by atoms with Crippen LogP contribution in [0.3, 0.4) is 0 Å². The lowest BCUT2D eigenvalue weighted by Gasteiger charge is -2.27. The summed E-state index contributed by atoms with van der Waals surface area (Å²) in [5, 5.41) is 0. The second-order valence-corrected chi connectivity index (χ2v) is 8.50. The molecular formula is C24H27F4N3O3. The molecule has 0 bridgehead atoms. The average Bonchev–Trinajstić information content (AvgIpc) is 2.76. The number of rotatable bonds is 4. The van der Waals surface area contributed by atoms with E-state index < -0.39 is 40.3 Å². The van der Waals surface area contributed by atoms with Crippen LogP contribution in [0.25, 0.3) is 11.1 Å². The summed E-state index contributed by atoms with van der Waals surface area (Å²) >= 11 is 0. The maximum Gasteiger partial charge on any atom is 0.417 e. The minimum absolute atomic E-state index is 0.112. The fourth-order valence-electron chi connectivity index (χ4n) is 3.91. The van der Waals surface area contributed by atoms with Crippen LogP contribution in [-0.4, -0.2) is 42.7 Å². The van der Waals surface area contributed by atoms with Crippen molar-refractivity contribution in [3.8, 4) is 11.1 Å². The predicted molar refractivity (Wildman–Crippen MR) is 122 cm³/mol. The molecule has 0 spiro atoms. The van der Waals surface area contributed by atoms with Crippen LogP contribution in [0.1, 0.15) is 30.7 Å². The number of nitrogens with zero attached hydrogens (tertiary/aromatic N) is 3. The standard InChI is InChI=1S/C24H27F4N3O3/c1-12(2)20-22(34-6)29-18(21(30-20)33-5)11-14-7-8-15(17(25)10-14)19-16(24(26,27)28)9-13(3)31(4)23(19)32/h7-10,12,18,20H,11H2,1-6H3/t18-,20+/m0/s1. The molecule has 6 nitrogen and oxygen atoms in total. The fraction of sp³-hybridized carbons (Fsp3) is 0.458. The van der Waals surface area contributed by atoms with Gasteiger partial charge in [0.05, 0.1) is 25.3 Å². The van der Waals surface area contributed by atoms with Crippen molar-refractivity contribution in [1.29, 1.82) is 0 Å².